The minimum atomic E-state index is -0.374. The zero-order chi connectivity index (χ0) is 18.9. The summed E-state index contributed by atoms with van der Waals surface area (Å²) in [4.78, 5) is 26.3. The molecule has 0 aliphatic carbocycles. The lowest BCUT2D eigenvalue weighted by atomic mass is 10.1. The maximum absolute atomic E-state index is 12.3. The van der Waals surface area contributed by atoms with Crippen molar-refractivity contribution in [3.8, 4) is 5.75 Å². The van der Waals surface area contributed by atoms with Crippen molar-refractivity contribution in [2.75, 3.05) is 44.9 Å². The van der Waals surface area contributed by atoms with Gasteiger partial charge in [-0.3, -0.25) is 4.79 Å². The molecule has 2 aromatic rings. The zero-order valence-electron chi connectivity index (χ0n) is 15.2. The highest BCUT2D eigenvalue weighted by atomic mass is 16.5. The average molecular weight is 356 g/mol. The van der Waals surface area contributed by atoms with Gasteiger partial charge in [0, 0.05) is 30.5 Å². The van der Waals surface area contributed by atoms with Crippen LogP contribution < -0.4 is 20.7 Å². The average Bonchev–Trinajstić information content (AvgIpc) is 2.61. The largest absolute Gasteiger partial charge is 0.496 e. The number of amides is 3. The fourth-order valence-corrected chi connectivity index (χ4v) is 2.26. The standard InChI is InChI=1S/C19H24N4O3/c1-23(2)12-11-20-18(24)16-10-9-15(13-17(16)26-3)22-19(25)21-14-7-5-4-6-8-14/h4-10,13H,11-12H2,1-3H3,(H,20,24)(H2,21,22,25). The molecule has 138 valence electrons. The van der Waals surface area contributed by atoms with E-state index in [-0.39, 0.29) is 11.9 Å². The van der Waals surface area contributed by atoms with Crippen molar-refractivity contribution < 1.29 is 14.3 Å². The molecule has 0 radical (unpaired) electrons. The fraction of sp³-hybridized carbons (Fsp3) is 0.263. The Morgan fingerprint density at radius 2 is 1.69 bits per heavy atom. The van der Waals surface area contributed by atoms with E-state index < -0.39 is 0 Å². The van der Waals surface area contributed by atoms with Gasteiger partial charge in [0.1, 0.15) is 5.75 Å². The summed E-state index contributed by atoms with van der Waals surface area (Å²) in [7, 11) is 5.36. The lowest BCUT2D eigenvalue weighted by Gasteiger charge is -2.13. The van der Waals surface area contributed by atoms with E-state index >= 15 is 0 Å². The van der Waals surface area contributed by atoms with Crippen LogP contribution in [0.1, 0.15) is 10.4 Å². The highest BCUT2D eigenvalue weighted by Gasteiger charge is 2.13. The molecule has 0 fully saturated rings. The van der Waals surface area contributed by atoms with Crippen LogP contribution >= 0.6 is 0 Å². The second-order valence-electron chi connectivity index (χ2n) is 5.92. The first-order chi connectivity index (χ1) is 12.5. The third kappa shape index (κ3) is 5.78. The number of likely N-dealkylation sites (N-methyl/N-ethyl adjacent to an activating group) is 1. The van der Waals surface area contributed by atoms with E-state index in [1.54, 1.807) is 30.3 Å². The number of rotatable bonds is 7. The van der Waals surface area contributed by atoms with Gasteiger partial charge in [-0.2, -0.15) is 0 Å². The Kier molecular flexibility index (Phi) is 6.99. The van der Waals surface area contributed by atoms with E-state index in [1.165, 1.54) is 7.11 Å². The Labute approximate surface area is 153 Å². The molecule has 0 aliphatic rings. The topological polar surface area (TPSA) is 82.7 Å². The van der Waals surface area contributed by atoms with Gasteiger partial charge in [0.25, 0.3) is 5.91 Å². The number of ether oxygens (including phenoxy) is 1. The van der Waals surface area contributed by atoms with E-state index in [1.807, 2.05) is 37.2 Å². The Hall–Kier alpha value is -3.06. The van der Waals surface area contributed by atoms with Crippen LogP contribution in [0.4, 0.5) is 16.2 Å². The summed E-state index contributed by atoms with van der Waals surface area (Å²) < 4.78 is 5.29. The van der Waals surface area contributed by atoms with Crippen molar-refractivity contribution in [2.24, 2.45) is 0 Å². The molecule has 0 spiro atoms. The van der Waals surface area contributed by atoms with Crippen molar-refractivity contribution >= 4 is 23.3 Å². The maximum atomic E-state index is 12.3. The second-order valence-corrected chi connectivity index (χ2v) is 5.92. The quantitative estimate of drug-likeness (QED) is 0.712. The molecule has 0 atom stereocenters. The molecule has 3 amide bonds. The highest BCUT2D eigenvalue weighted by Crippen LogP contribution is 2.23. The zero-order valence-corrected chi connectivity index (χ0v) is 15.2. The van der Waals surface area contributed by atoms with E-state index in [4.69, 9.17) is 4.74 Å². The molecule has 0 bridgehead atoms. The molecule has 3 N–H and O–H groups in total. The SMILES string of the molecule is COc1cc(NC(=O)Nc2ccccc2)ccc1C(=O)NCCN(C)C. The number of benzene rings is 2. The highest BCUT2D eigenvalue weighted by molar-refractivity contribution is 6.01. The van der Waals surface area contributed by atoms with Gasteiger partial charge < -0.3 is 25.6 Å². The number of hydrogen-bond donors (Lipinski definition) is 3. The molecule has 0 saturated heterocycles. The van der Waals surface area contributed by atoms with Crippen LogP contribution in [0, 0.1) is 0 Å². The molecule has 2 aromatic carbocycles. The van der Waals surface area contributed by atoms with Crippen LogP contribution in [0.15, 0.2) is 48.5 Å². The summed E-state index contributed by atoms with van der Waals surface area (Å²) in [6.07, 6.45) is 0. The first-order valence-electron chi connectivity index (χ1n) is 8.23. The van der Waals surface area contributed by atoms with E-state index in [2.05, 4.69) is 16.0 Å². The van der Waals surface area contributed by atoms with Crippen LogP contribution in [-0.4, -0.2) is 51.1 Å². The first kappa shape index (κ1) is 19.3. The number of anilines is 2. The Morgan fingerprint density at radius 1 is 1.00 bits per heavy atom. The molecule has 7 nitrogen and oxygen atoms in total. The predicted molar refractivity (Wildman–Crippen MR) is 103 cm³/mol. The Morgan fingerprint density at radius 3 is 2.35 bits per heavy atom. The number of hydrogen-bond acceptors (Lipinski definition) is 4. The number of carbonyl (C=O) groups is 2. The van der Waals surface area contributed by atoms with Crippen LogP contribution in [-0.2, 0) is 0 Å². The number of urea groups is 1. The number of para-hydroxylation sites is 1. The van der Waals surface area contributed by atoms with Crippen LogP contribution in [0.3, 0.4) is 0 Å². The van der Waals surface area contributed by atoms with Crippen molar-refractivity contribution in [1.29, 1.82) is 0 Å². The van der Waals surface area contributed by atoms with Crippen molar-refractivity contribution in [3.63, 3.8) is 0 Å². The fourth-order valence-electron chi connectivity index (χ4n) is 2.26. The van der Waals surface area contributed by atoms with Crippen molar-refractivity contribution in [1.82, 2.24) is 10.2 Å². The first-order valence-corrected chi connectivity index (χ1v) is 8.23. The van der Waals surface area contributed by atoms with Crippen LogP contribution in [0.5, 0.6) is 5.75 Å². The van der Waals surface area contributed by atoms with Crippen LogP contribution in [0.2, 0.25) is 0 Å². The normalized spacial score (nSPS) is 10.3. The summed E-state index contributed by atoms with van der Waals surface area (Å²) in [5, 5.41) is 8.29. The summed E-state index contributed by atoms with van der Waals surface area (Å²) in [5.41, 5.74) is 1.63. The van der Waals surface area contributed by atoms with Gasteiger partial charge in [0.2, 0.25) is 0 Å². The molecule has 0 heterocycles. The molecule has 7 heteroatoms. The third-order valence-electron chi connectivity index (χ3n) is 3.58. The van der Waals surface area contributed by atoms with Gasteiger partial charge in [-0.25, -0.2) is 4.79 Å². The molecular formula is C19H24N4O3. The van der Waals surface area contributed by atoms with Gasteiger partial charge >= 0.3 is 6.03 Å². The summed E-state index contributed by atoms with van der Waals surface area (Å²) in [6.45, 7) is 1.28. The minimum absolute atomic E-state index is 0.219. The van der Waals surface area contributed by atoms with Crippen molar-refractivity contribution in [3.05, 3.63) is 54.1 Å². The Balaban J connectivity index is 2.00. The van der Waals surface area contributed by atoms with Crippen molar-refractivity contribution in [2.45, 2.75) is 0 Å². The number of methoxy groups -OCH3 is 1. The van der Waals surface area contributed by atoms with E-state index in [0.29, 0.717) is 29.2 Å². The minimum Gasteiger partial charge on any atom is -0.496 e. The smallest absolute Gasteiger partial charge is 0.323 e. The lowest BCUT2D eigenvalue weighted by molar-refractivity contribution is 0.0948. The molecular weight excluding hydrogens is 332 g/mol. The maximum Gasteiger partial charge on any atom is 0.323 e. The molecule has 0 aromatic heterocycles. The summed E-state index contributed by atoms with van der Waals surface area (Å²) in [5.74, 6) is 0.175. The molecule has 0 saturated carbocycles. The number of nitrogens with zero attached hydrogens (tertiary/aromatic N) is 1. The summed E-state index contributed by atoms with van der Waals surface area (Å²) >= 11 is 0. The van der Waals surface area contributed by atoms with Gasteiger partial charge in [-0.05, 0) is 38.4 Å². The van der Waals surface area contributed by atoms with Gasteiger partial charge in [-0.15, -0.1) is 0 Å². The second kappa shape index (κ2) is 9.43. The summed E-state index contributed by atoms with van der Waals surface area (Å²) in [6, 6.07) is 13.7. The molecule has 0 unspecified atom stereocenters. The monoisotopic (exact) mass is 356 g/mol. The van der Waals surface area contributed by atoms with Gasteiger partial charge in [-0.1, -0.05) is 18.2 Å². The molecule has 0 aliphatic heterocycles. The van der Waals surface area contributed by atoms with Gasteiger partial charge in [0.05, 0.1) is 12.7 Å². The number of carbonyl (C=O) groups excluding carboxylic acids is 2. The van der Waals surface area contributed by atoms with E-state index in [0.717, 1.165) is 6.54 Å². The van der Waals surface area contributed by atoms with E-state index in [9.17, 15) is 9.59 Å². The Bertz CT molecular complexity index is 748. The lowest BCUT2D eigenvalue weighted by Crippen LogP contribution is -2.31. The molecule has 2 rings (SSSR count). The molecule has 26 heavy (non-hydrogen) atoms. The van der Waals surface area contributed by atoms with Crippen LogP contribution in [0.25, 0.3) is 0 Å². The van der Waals surface area contributed by atoms with Gasteiger partial charge in [0.15, 0.2) is 0 Å². The number of nitrogens with one attached hydrogen (secondary N) is 3. The predicted octanol–water partition coefficient (Wildman–Crippen LogP) is 2.63. The third-order valence-corrected chi connectivity index (χ3v) is 3.58.